The molecule has 2 aromatic rings. The zero-order chi connectivity index (χ0) is 21.1. The summed E-state index contributed by atoms with van der Waals surface area (Å²) >= 11 is 0. The molecule has 0 spiro atoms. The summed E-state index contributed by atoms with van der Waals surface area (Å²) in [6, 6.07) is 12.0. The molecule has 3 N–H and O–H groups in total. The molecule has 2 aromatic carbocycles. The first-order valence-electron chi connectivity index (χ1n) is 10.1. The van der Waals surface area contributed by atoms with Crippen LogP contribution in [0.2, 0.25) is 0 Å². The van der Waals surface area contributed by atoms with E-state index in [0.717, 1.165) is 22.3 Å². The van der Waals surface area contributed by atoms with Gasteiger partial charge in [0, 0.05) is 37.7 Å². The van der Waals surface area contributed by atoms with Gasteiger partial charge >= 0.3 is 0 Å². The lowest BCUT2D eigenvalue weighted by Gasteiger charge is -2.32. The average Bonchev–Trinajstić information content (AvgIpc) is 2.92. The van der Waals surface area contributed by atoms with Crippen molar-refractivity contribution in [3.63, 3.8) is 0 Å². The van der Waals surface area contributed by atoms with Crippen molar-refractivity contribution in [3.8, 4) is 22.9 Å². The van der Waals surface area contributed by atoms with Crippen LogP contribution >= 0.6 is 0 Å². The molecule has 0 aromatic heterocycles. The quantitative estimate of drug-likeness (QED) is 0.809. The first kappa shape index (κ1) is 20.3. The van der Waals surface area contributed by atoms with Gasteiger partial charge in [-0.25, -0.2) is 4.39 Å². The normalized spacial score (nSPS) is 18.0. The third-order valence-corrected chi connectivity index (χ3v) is 5.77. The number of carbonyl (C=O) groups is 1. The van der Waals surface area contributed by atoms with Gasteiger partial charge < -0.3 is 20.5 Å². The summed E-state index contributed by atoms with van der Waals surface area (Å²) in [5.74, 6) is -0.103. The SMILES string of the molecule is N#C[C@@H](Cc1ccc2c(c1)CCOc1cc(F)ccc1-2)NC(=O)C1(N)CCOCC1. The Labute approximate surface area is 174 Å². The first-order valence-corrected chi connectivity index (χ1v) is 10.1. The van der Waals surface area contributed by atoms with E-state index >= 15 is 0 Å². The van der Waals surface area contributed by atoms with Gasteiger partial charge in [-0.3, -0.25) is 4.79 Å². The number of carbonyl (C=O) groups excluding carboxylic acids is 1. The molecule has 0 bridgehead atoms. The Morgan fingerprint density at radius 1 is 1.20 bits per heavy atom. The van der Waals surface area contributed by atoms with Crippen molar-refractivity contribution < 1.29 is 18.7 Å². The number of hydrogen-bond acceptors (Lipinski definition) is 5. The summed E-state index contributed by atoms with van der Waals surface area (Å²) in [7, 11) is 0. The van der Waals surface area contributed by atoms with Gasteiger partial charge in [-0.15, -0.1) is 0 Å². The van der Waals surface area contributed by atoms with Crippen molar-refractivity contribution in [2.45, 2.75) is 37.3 Å². The fraction of sp³-hybridized carbons (Fsp3) is 0.391. The molecule has 1 atom stereocenters. The van der Waals surface area contributed by atoms with Gasteiger partial charge in [-0.05, 0) is 41.7 Å². The maximum atomic E-state index is 13.6. The van der Waals surface area contributed by atoms with Gasteiger partial charge in [0.2, 0.25) is 5.91 Å². The topological polar surface area (TPSA) is 97.4 Å². The second kappa shape index (κ2) is 8.42. The molecule has 0 saturated carbocycles. The van der Waals surface area contributed by atoms with E-state index in [0.29, 0.717) is 51.3 Å². The molecule has 1 amide bonds. The van der Waals surface area contributed by atoms with Crippen molar-refractivity contribution in [3.05, 3.63) is 53.3 Å². The molecule has 30 heavy (non-hydrogen) atoms. The van der Waals surface area contributed by atoms with Crippen LogP contribution in [-0.4, -0.2) is 37.3 Å². The number of nitrogens with zero attached hydrogens (tertiary/aromatic N) is 1. The molecule has 6 nitrogen and oxygen atoms in total. The fourth-order valence-corrected chi connectivity index (χ4v) is 3.98. The molecular weight excluding hydrogens is 385 g/mol. The summed E-state index contributed by atoms with van der Waals surface area (Å²) in [6.07, 6.45) is 1.93. The number of hydrogen-bond donors (Lipinski definition) is 2. The maximum Gasteiger partial charge on any atom is 0.241 e. The van der Waals surface area contributed by atoms with Gasteiger partial charge in [-0.1, -0.05) is 18.2 Å². The lowest BCUT2D eigenvalue weighted by atomic mass is 9.89. The molecule has 0 unspecified atom stereocenters. The zero-order valence-corrected chi connectivity index (χ0v) is 16.6. The average molecular weight is 409 g/mol. The molecule has 0 radical (unpaired) electrons. The van der Waals surface area contributed by atoms with Crippen LogP contribution in [0.25, 0.3) is 11.1 Å². The highest BCUT2D eigenvalue weighted by atomic mass is 19.1. The number of ether oxygens (including phenoxy) is 2. The molecule has 2 heterocycles. The van der Waals surface area contributed by atoms with Crippen molar-refractivity contribution in [1.29, 1.82) is 5.26 Å². The van der Waals surface area contributed by atoms with Crippen molar-refractivity contribution >= 4 is 5.91 Å². The van der Waals surface area contributed by atoms with E-state index in [1.165, 1.54) is 12.1 Å². The van der Waals surface area contributed by atoms with E-state index < -0.39 is 11.6 Å². The summed E-state index contributed by atoms with van der Waals surface area (Å²) in [6.45, 7) is 1.34. The van der Waals surface area contributed by atoms with Crippen LogP contribution < -0.4 is 15.8 Å². The number of nitrogens with one attached hydrogen (secondary N) is 1. The predicted molar refractivity (Wildman–Crippen MR) is 109 cm³/mol. The van der Waals surface area contributed by atoms with Crippen LogP contribution in [0.15, 0.2) is 36.4 Å². The Kier molecular flexibility index (Phi) is 5.71. The van der Waals surface area contributed by atoms with E-state index in [-0.39, 0.29) is 11.7 Å². The second-order valence-corrected chi connectivity index (χ2v) is 7.86. The number of rotatable bonds is 4. The number of nitriles is 1. The molecular formula is C23H24FN3O3. The van der Waals surface area contributed by atoms with Crippen molar-refractivity contribution in [1.82, 2.24) is 5.32 Å². The number of halogens is 1. The standard InChI is InChI=1S/C23H24FN3O3/c24-17-2-4-20-19-3-1-15(11-16(19)5-8-30-21(20)13-17)12-18(14-25)27-22(28)23(26)6-9-29-10-7-23/h1-4,11,13,18H,5-10,12,26H2,(H,27,28)/t18-/m1/s1. The Bertz CT molecular complexity index is 996. The fourth-order valence-electron chi connectivity index (χ4n) is 3.98. The summed E-state index contributed by atoms with van der Waals surface area (Å²) in [5, 5.41) is 12.4. The van der Waals surface area contributed by atoms with Crippen LogP contribution in [-0.2, 0) is 22.4 Å². The van der Waals surface area contributed by atoms with E-state index in [1.807, 2.05) is 18.2 Å². The van der Waals surface area contributed by atoms with Gasteiger partial charge in [0.25, 0.3) is 0 Å². The van der Waals surface area contributed by atoms with Gasteiger partial charge in [0.05, 0.1) is 18.2 Å². The van der Waals surface area contributed by atoms with Crippen LogP contribution in [0, 0.1) is 17.1 Å². The highest BCUT2D eigenvalue weighted by molar-refractivity contribution is 5.86. The molecule has 4 rings (SSSR count). The van der Waals surface area contributed by atoms with E-state index in [2.05, 4.69) is 11.4 Å². The highest BCUT2D eigenvalue weighted by Gasteiger charge is 2.36. The summed E-state index contributed by atoms with van der Waals surface area (Å²) < 4.78 is 24.5. The Hall–Kier alpha value is -2.95. The molecule has 1 saturated heterocycles. The van der Waals surface area contributed by atoms with Crippen molar-refractivity contribution in [2.24, 2.45) is 5.73 Å². The smallest absolute Gasteiger partial charge is 0.241 e. The highest BCUT2D eigenvalue weighted by Crippen LogP contribution is 2.36. The molecule has 156 valence electrons. The van der Waals surface area contributed by atoms with E-state index in [4.69, 9.17) is 15.2 Å². The van der Waals surface area contributed by atoms with E-state index in [9.17, 15) is 14.4 Å². The third kappa shape index (κ3) is 4.16. The molecule has 2 aliphatic rings. The van der Waals surface area contributed by atoms with Gasteiger partial charge in [0.1, 0.15) is 17.6 Å². The zero-order valence-electron chi connectivity index (χ0n) is 16.6. The van der Waals surface area contributed by atoms with Crippen molar-refractivity contribution in [2.75, 3.05) is 19.8 Å². The number of fused-ring (bicyclic) bond motifs is 3. The minimum Gasteiger partial charge on any atom is -0.492 e. The van der Waals surface area contributed by atoms with E-state index in [1.54, 1.807) is 6.07 Å². The lowest BCUT2D eigenvalue weighted by Crippen LogP contribution is -2.58. The largest absolute Gasteiger partial charge is 0.492 e. The monoisotopic (exact) mass is 409 g/mol. The Morgan fingerprint density at radius 3 is 2.73 bits per heavy atom. The Morgan fingerprint density at radius 2 is 1.97 bits per heavy atom. The summed E-state index contributed by atoms with van der Waals surface area (Å²) in [4.78, 5) is 12.6. The van der Waals surface area contributed by atoms with Crippen LogP contribution in [0.4, 0.5) is 4.39 Å². The molecule has 7 heteroatoms. The number of amides is 1. The van der Waals surface area contributed by atoms with Gasteiger partial charge in [-0.2, -0.15) is 5.26 Å². The van der Waals surface area contributed by atoms with Crippen LogP contribution in [0.3, 0.4) is 0 Å². The summed E-state index contributed by atoms with van der Waals surface area (Å²) in [5.41, 5.74) is 9.08. The minimum absolute atomic E-state index is 0.309. The molecule has 1 fully saturated rings. The third-order valence-electron chi connectivity index (χ3n) is 5.77. The van der Waals surface area contributed by atoms with Crippen LogP contribution in [0.5, 0.6) is 5.75 Å². The van der Waals surface area contributed by atoms with Gasteiger partial charge in [0.15, 0.2) is 0 Å². The molecule has 2 aliphatic heterocycles. The minimum atomic E-state index is -0.989. The second-order valence-electron chi connectivity index (χ2n) is 7.86. The molecule has 0 aliphatic carbocycles. The Balaban J connectivity index is 1.51. The number of benzene rings is 2. The number of nitrogens with two attached hydrogens (primary N) is 1. The predicted octanol–water partition coefficient (Wildman–Crippen LogP) is 2.49. The lowest BCUT2D eigenvalue weighted by molar-refractivity contribution is -0.130. The first-order chi connectivity index (χ1) is 14.5. The maximum absolute atomic E-state index is 13.6. The van der Waals surface area contributed by atoms with Crippen LogP contribution in [0.1, 0.15) is 24.0 Å².